The predicted octanol–water partition coefficient (Wildman–Crippen LogP) is 2.74. The van der Waals surface area contributed by atoms with Gasteiger partial charge in [0.15, 0.2) is 18.1 Å². The number of nitrogens with zero attached hydrogens (tertiary/aromatic N) is 1. The van der Waals surface area contributed by atoms with Gasteiger partial charge in [-0.05, 0) is 23.8 Å². The molecule has 1 N–H and O–H groups in total. The maximum Gasteiger partial charge on any atom is 0.263 e. The van der Waals surface area contributed by atoms with Gasteiger partial charge in [-0.2, -0.15) is 5.26 Å². The van der Waals surface area contributed by atoms with Gasteiger partial charge in [-0.25, -0.2) is 0 Å². The molecule has 1 aromatic rings. The fraction of sp³-hybridized carbons (Fsp3) is 0.154. The quantitative estimate of drug-likeness (QED) is 0.671. The van der Waals surface area contributed by atoms with Crippen molar-refractivity contribution >= 4 is 51.9 Å². The van der Waals surface area contributed by atoms with Gasteiger partial charge in [0.25, 0.3) is 5.91 Å². The summed E-state index contributed by atoms with van der Waals surface area (Å²) >= 11 is 12.2. The van der Waals surface area contributed by atoms with Crippen LogP contribution >= 0.6 is 35.6 Å². The van der Waals surface area contributed by atoms with Crippen LogP contribution in [-0.2, 0) is 4.79 Å². The lowest BCUT2D eigenvalue weighted by Gasteiger charge is -2.11. The average molecular weight is 341 g/mol. The Kier molecular flexibility index (Phi) is 5.07. The van der Waals surface area contributed by atoms with Crippen molar-refractivity contribution in [1.29, 1.82) is 5.26 Å². The molecule has 1 aliphatic heterocycles. The summed E-state index contributed by atoms with van der Waals surface area (Å²) in [5.74, 6) is 0.433. The zero-order valence-electron chi connectivity index (χ0n) is 10.8. The third kappa shape index (κ3) is 3.67. The van der Waals surface area contributed by atoms with Crippen molar-refractivity contribution in [2.45, 2.75) is 0 Å². The summed E-state index contributed by atoms with van der Waals surface area (Å²) in [6, 6.07) is 5.15. The van der Waals surface area contributed by atoms with Crippen LogP contribution in [0.3, 0.4) is 0 Å². The lowest BCUT2D eigenvalue weighted by atomic mass is 10.2. The number of methoxy groups -OCH3 is 1. The van der Waals surface area contributed by atoms with E-state index in [2.05, 4.69) is 5.32 Å². The minimum atomic E-state index is -0.245. The van der Waals surface area contributed by atoms with Gasteiger partial charge in [0, 0.05) is 0 Å². The van der Waals surface area contributed by atoms with Gasteiger partial charge in [-0.15, -0.1) is 0 Å². The Morgan fingerprint density at radius 2 is 2.33 bits per heavy atom. The second-order valence-corrected chi connectivity index (χ2v) is 5.96. The lowest BCUT2D eigenvalue weighted by molar-refractivity contribution is -0.115. The fourth-order valence-corrected chi connectivity index (χ4v) is 2.96. The van der Waals surface area contributed by atoms with Crippen LogP contribution in [-0.4, -0.2) is 23.9 Å². The van der Waals surface area contributed by atoms with Crippen molar-refractivity contribution in [3.05, 3.63) is 27.6 Å². The van der Waals surface area contributed by atoms with E-state index >= 15 is 0 Å². The highest BCUT2D eigenvalue weighted by molar-refractivity contribution is 8.26. The largest absolute Gasteiger partial charge is 0.493 e. The maximum absolute atomic E-state index is 11.6. The molecule has 1 aliphatic rings. The number of carbonyl (C=O) groups is 1. The van der Waals surface area contributed by atoms with Crippen molar-refractivity contribution in [1.82, 2.24) is 5.32 Å². The summed E-state index contributed by atoms with van der Waals surface area (Å²) in [6.45, 7) is -0.136. The molecule has 0 unspecified atom stereocenters. The summed E-state index contributed by atoms with van der Waals surface area (Å²) < 4.78 is 10.8. The van der Waals surface area contributed by atoms with Crippen molar-refractivity contribution in [3.8, 4) is 17.6 Å². The van der Waals surface area contributed by atoms with Gasteiger partial charge in [0.1, 0.15) is 10.4 Å². The molecule has 0 radical (unpaired) electrons. The molecule has 8 heteroatoms. The van der Waals surface area contributed by atoms with E-state index in [0.29, 0.717) is 31.3 Å². The number of rotatable bonds is 4. The number of ether oxygens (including phenoxy) is 2. The van der Waals surface area contributed by atoms with E-state index in [1.807, 2.05) is 6.07 Å². The molecule has 0 bridgehead atoms. The normalized spacial score (nSPS) is 15.8. The van der Waals surface area contributed by atoms with Crippen LogP contribution in [0.4, 0.5) is 0 Å². The van der Waals surface area contributed by atoms with Gasteiger partial charge < -0.3 is 14.8 Å². The average Bonchev–Trinajstić information content (AvgIpc) is 2.75. The van der Waals surface area contributed by atoms with E-state index in [9.17, 15) is 4.79 Å². The molecule has 1 amide bonds. The predicted molar refractivity (Wildman–Crippen MR) is 85.4 cm³/mol. The third-order valence-electron chi connectivity index (χ3n) is 2.47. The molecule has 0 saturated carbocycles. The smallest absolute Gasteiger partial charge is 0.263 e. The zero-order valence-corrected chi connectivity index (χ0v) is 13.2. The summed E-state index contributed by atoms with van der Waals surface area (Å²) in [5, 5.41) is 11.4. The highest BCUT2D eigenvalue weighted by Gasteiger charge is 2.22. The van der Waals surface area contributed by atoms with E-state index in [-0.39, 0.29) is 12.5 Å². The molecule has 1 heterocycles. The van der Waals surface area contributed by atoms with Crippen LogP contribution in [0.2, 0.25) is 5.02 Å². The maximum atomic E-state index is 11.6. The van der Waals surface area contributed by atoms with E-state index in [1.165, 1.54) is 18.9 Å². The molecule has 2 rings (SSSR count). The van der Waals surface area contributed by atoms with Crippen LogP contribution in [0, 0.1) is 11.3 Å². The minimum absolute atomic E-state index is 0.136. The Balaban J connectivity index is 2.37. The first-order valence-corrected chi connectivity index (χ1v) is 7.27. The van der Waals surface area contributed by atoms with Gasteiger partial charge >= 0.3 is 0 Å². The number of thiocarbonyl (C=S) groups is 1. The van der Waals surface area contributed by atoms with Crippen LogP contribution < -0.4 is 14.8 Å². The minimum Gasteiger partial charge on any atom is -0.493 e. The van der Waals surface area contributed by atoms with Crippen LogP contribution in [0.25, 0.3) is 6.08 Å². The topological polar surface area (TPSA) is 71.3 Å². The van der Waals surface area contributed by atoms with E-state index in [1.54, 1.807) is 18.2 Å². The molecule has 108 valence electrons. The van der Waals surface area contributed by atoms with E-state index in [0.717, 1.165) is 0 Å². The number of halogens is 1. The summed E-state index contributed by atoms with van der Waals surface area (Å²) in [6.07, 6.45) is 1.65. The number of hydrogen-bond acceptors (Lipinski definition) is 6. The SMILES string of the molecule is COc1cc(C=C2SC(=S)NC2=O)cc(Cl)c1OCC#N. The third-order valence-corrected chi connectivity index (χ3v) is 3.92. The molecule has 1 aromatic carbocycles. The first-order chi connectivity index (χ1) is 10.0. The van der Waals surface area contributed by atoms with Gasteiger partial charge in [-0.3, -0.25) is 4.79 Å². The second kappa shape index (κ2) is 6.80. The summed E-state index contributed by atoms with van der Waals surface area (Å²) in [7, 11) is 1.47. The zero-order chi connectivity index (χ0) is 15.4. The van der Waals surface area contributed by atoms with Crippen molar-refractivity contribution in [2.24, 2.45) is 0 Å². The van der Waals surface area contributed by atoms with E-state index < -0.39 is 0 Å². The van der Waals surface area contributed by atoms with Crippen LogP contribution in [0.5, 0.6) is 11.5 Å². The number of hydrogen-bond donors (Lipinski definition) is 1. The Hall–Kier alpha value is -1.75. The van der Waals surface area contributed by atoms with Crippen LogP contribution in [0.1, 0.15) is 5.56 Å². The van der Waals surface area contributed by atoms with Crippen molar-refractivity contribution in [3.63, 3.8) is 0 Å². The molecule has 0 aromatic heterocycles. The van der Waals surface area contributed by atoms with Gasteiger partial charge in [0.05, 0.1) is 17.0 Å². The van der Waals surface area contributed by atoms with Gasteiger partial charge in [0.2, 0.25) is 0 Å². The molecule has 0 atom stereocenters. The summed E-state index contributed by atoms with van der Waals surface area (Å²) in [5.41, 5.74) is 0.670. The number of nitriles is 1. The number of amides is 1. The molecule has 1 fully saturated rings. The fourth-order valence-electron chi connectivity index (χ4n) is 1.64. The lowest BCUT2D eigenvalue weighted by Crippen LogP contribution is -2.17. The highest BCUT2D eigenvalue weighted by Crippen LogP contribution is 2.37. The number of carbonyl (C=O) groups excluding carboxylic acids is 1. The molecule has 0 spiro atoms. The van der Waals surface area contributed by atoms with Crippen molar-refractivity contribution < 1.29 is 14.3 Å². The number of nitrogens with one attached hydrogen (secondary N) is 1. The first kappa shape index (κ1) is 15.6. The van der Waals surface area contributed by atoms with E-state index in [4.69, 9.17) is 38.6 Å². The molecule has 1 saturated heterocycles. The Morgan fingerprint density at radius 3 is 2.90 bits per heavy atom. The Labute approximate surface area is 135 Å². The molecular weight excluding hydrogens is 332 g/mol. The number of benzene rings is 1. The van der Waals surface area contributed by atoms with Gasteiger partial charge in [-0.1, -0.05) is 35.6 Å². The number of thioether (sulfide) groups is 1. The second-order valence-electron chi connectivity index (χ2n) is 3.83. The molecule has 5 nitrogen and oxygen atoms in total. The first-order valence-electron chi connectivity index (χ1n) is 5.67. The molecule has 21 heavy (non-hydrogen) atoms. The van der Waals surface area contributed by atoms with Crippen LogP contribution in [0.15, 0.2) is 17.0 Å². The highest BCUT2D eigenvalue weighted by atomic mass is 35.5. The summed E-state index contributed by atoms with van der Waals surface area (Å²) in [4.78, 5) is 12.1. The Bertz CT molecular complexity index is 683. The molecule has 0 aliphatic carbocycles. The van der Waals surface area contributed by atoms with Crippen molar-refractivity contribution in [2.75, 3.05) is 13.7 Å². The monoisotopic (exact) mass is 340 g/mol. The Morgan fingerprint density at radius 1 is 1.57 bits per heavy atom. The molecular formula is C13H9ClN2O3S2. The standard InChI is InChI=1S/C13H9ClN2O3S2/c1-18-9-5-7(4-8(14)11(9)19-3-2-15)6-10-12(17)16-13(20)21-10/h4-6H,3H2,1H3,(H,16,17,20).